The number of hydrogen-bond acceptors (Lipinski definition) is 0. The normalized spacial score (nSPS) is 7.58. The molecule has 0 radical (unpaired) electrons. The molecular weight excluding hydrogens is 259 g/mol. The van der Waals surface area contributed by atoms with Gasteiger partial charge in [-0.2, -0.15) is 0 Å². The predicted molar refractivity (Wildman–Crippen MR) is 67.2 cm³/mol. The molecule has 1 aromatic rings. The van der Waals surface area contributed by atoms with Gasteiger partial charge < -0.3 is 0 Å². The number of rotatable bonds is 1. The first-order valence-corrected chi connectivity index (χ1v) is 4.39. The van der Waals surface area contributed by atoms with Crippen LogP contribution in [0.1, 0.15) is 32.8 Å². The Kier molecular flexibility index (Phi) is 13.2. The van der Waals surface area contributed by atoms with Crippen LogP contribution in [0.4, 0.5) is 0 Å². The summed E-state index contributed by atoms with van der Waals surface area (Å²) in [4.78, 5) is 0. The first-order valence-electron chi connectivity index (χ1n) is 4.39. The second-order valence-electron chi connectivity index (χ2n) is 2.55. The van der Waals surface area contributed by atoms with Crippen molar-refractivity contribution in [3.63, 3.8) is 0 Å². The molecule has 0 nitrogen and oxygen atoms in total. The minimum Gasteiger partial charge on any atom is -0.107 e. The average molecular weight is 278 g/mol. The number of hydrogen-bond donors (Lipinski definition) is 0. The van der Waals surface area contributed by atoms with Gasteiger partial charge in [0, 0.05) is 0 Å². The third kappa shape index (κ3) is 8.05. The molecule has 0 aliphatic rings. The number of halogens is 1. The summed E-state index contributed by atoms with van der Waals surface area (Å²) in [5.41, 5.74) is 1.41. The maximum atomic E-state index is 2.16. The third-order valence-electron chi connectivity index (χ3n) is 1.25. The van der Waals surface area contributed by atoms with Crippen molar-refractivity contribution in [2.45, 2.75) is 33.6 Å². The van der Waals surface area contributed by atoms with E-state index in [9.17, 15) is 0 Å². The zero-order chi connectivity index (χ0) is 8.53. The Balaban J connectivity index is 0. The van der Waals surface area contributed by atoms with Crippen LogP contribution in [0.5, 0.6) is 0 Å². The van der Waals surface area contributed by atoms with Crippen LogP contribution in [-0.2, 0) is 6.42 Å². The smallest absolute Gasteiger partial charge is 0.0307 e. The van der Waals surface area contributed by atoms with E-state index in [0.717, 1.165) is 6.42 Å². The Morgan fingerprint density at radius 2 is 1.33 bits per heavy atom. The Morgan fingerprint density at radius 1 is 0.917 bits per heavy atom. The topological polar surface area (TPSA) is 0 Å². The minimum atomic E-state index is 0. The van der Waals surface area contributed by atoms with Crippen molar-refractivity contribution in [1.82, 2.24) is 0 Å². The summed E-state index contributed by atoms with van der Waals surface area (Å²) >= 11 is 0. The van der Waals surface area contributed by atoms with Crippen LogP contribution in [0.2, 0.25) is 0 Å². The van der Waals surface area contributed by atoms with Gasteiger partial charge in [0.1, 0.15) is 0 Å². The predicted octanol–water partition coefficient (Wildman–Crippen LogP) is 4.28. The first kappa shape index (κ1) is 14.5. The van der Waals surface area contributed by atoms with E-state index in [1.54, 1.807) is 0 Å². The molecule has 0 fully saturated rings. The molecule has 0 heterocycles. The molecule has 0 spiro atoms. The van der Waals surface area contributed by atoms with Crippen LogP contribution in [0.25, 0.3) is 0 Å². The van der Waals surface area contributed by atoms with Crippen molar-refractivity contribution in [2.75, 3.05) is 0 Å². The summed E-state index contributed by atoms with van der Waals surface area (Å²) in [5, 5.41) is 0. The minimum absolute atomic E-state index is 0. The highest BCUT2D eigenvalue weighted by atomic mass is 127. The number of aryl methyl sites for hydroxylation is 1. The lowest BCUT2D eigenvalue weighted by atomic mass is 10.2. The summed E-state index contributed by atoms with van der Waals surface area (Å²) in [5.74, 6) is 0. The lowest BCUT2D eigenvalue weighted by Crippen LogP contribution is -1.73. The molecule has 0 aliphatic carbocycles. The largest absolute Gasteiger partial charge is 0.107 e. The molecule has 12 heavy (non-hydrogen) atoms. The molecule has 1 rings (SSSR count). The van der Waals surface area contributed by atoms with Crippen molar-refractivity contribution in [3.8, 4) is 0 Å². The van der Waals surface area contributed by atoms with Crippen molar-refractivity contribution < 1.29 is 0 Å². The molecule has 0 saturated carbocycles. The fourth-order valence-electron chi connectivity index (χ4n) is 0.714. The van der Waals surface area contributed by atoms with E-state index in [4.69, 9.17) is 0 Å². The second kappa shape index (κ2) is 11.0. The Labute approximate surface area is 93.4 Å². The van der Waals surface area contributed by atoms with Gasteiger partial charge in [-0.15, -0.1) is 24.0 Å². The van der Waals surface area contributed by atoms with E-state index in [2.05, 4.69) is 45.0 Å². The van der Waals surface area contributed by atoms with Gasteiger partial charge in [0.25, 0.3) is 0 Å². The van der Waals surface area contributed by atoms with Crippen LogP contribution >= 0.6 is 24.0 Å². The highest BCUT2D eigenvalue weighted by Gasteiger charge is 1.79. The van der Waals surface area contributed by atoms with Crippen LogP contribution in [0.15, 0.2) is 30.3 Å². The van der Waals surface area contributed by atoms with Gasteiger partial charge in [0.05, 0.1) is 0 Å². The molecule has 0 unspecified atom stereocenters. The summed E-state index contributed by atoms with van der Waals surface area (Å²) < 4.78 is 0. The van der Waals surface area contributed by atoms with Crippen molar-refractivity contribution >= 4 is 24.0 Å². The molecule has 70 valence electrons. The van der Waals surface area contributed by atoms with E-state index in [0.29, 0.717) is 0 Å². The maximum Gasteiger partial charge on any atom is -0.0307 e. The van der Waals surface area contributed by atoms with E-state index < -0.39 is 0 Å². The Bertz CT molecular complexity index is 158. The monoisotopic (exact) mass is 278 g/mol. The summed E-state index contributed by atoms with van der Waals surface area (Å²) in [6.45, 7) is 6.41. The van der Waals surface area contributed by atoms with Gasteiger partial charge in [0.15, 0.2) is 0 Å². The Morgan fingerprint density at radius 3 is 1.58 bits per heavy atom. The van der Waals surface area contributed by atoms with Crippen molar-refractivity contribution in [2.24, 2.45) is 0 Å². The fraction of sp³-hybridized carbons (Fsp3) is 0.455. The molecule has 0 amide bonds. The molecule has 0 aliphatic heterocycles. The third-order valence-corrected chi connectivity index (χ3v) is 1.25. The summed E-state index contributed by atoms with van der Waals surface area (Å²) in [6.07, 6.45) is 2.39. The summed E-state index contributed by atoms with van der Waals surface area (Å²) in [6, 6.07) is 10.5. The lowest BCUT2D eigenvalue weighted by molar-refractivity contribution is 1.09. The SMILES string of the molecule is CCC.CCc1ccccc1.I. The summed E-state index contributed by atoms with van der Waals surface area (Å²) in [7, 11) is 0. The van der Waals surface area contributed by atoms with E-state index in [1.165, 1.54) is 12.0 Å². The van der Waals surface area contributed by atoms with Crippen molar-refractivity contribution in [3.05, 3.63) is 35.9 Å². The van der Waals surface area contributed by atoms with Gasteiger partial charge in [-0.1, -0.05) is 57.5 Å². The van der Waals surface area contributed by atoms with Gasteiger partial charge in [-0.05, 0) is 12.0 Å². The van der Waals surface area contributed by atoms with Crippen LogP contribution in [-0.4, -0.2) is 0 Å². The second-order valence-corrected chi connectivity index (χ2v) is 2.55. The molecule has 0 N–H and O–H groups in total. The van der Waals surface area contributed by atoms with E-state index in [1.807, 2.05) is 6.07 Å². The average Bonchev–Trinajstić information content (AvgIpc) is 2.08. The van der Waals surface area contributed by atoms with Crippen molar-refractivity contribution in [1.29, 1.82) is 0 Å². The quantitative estimate of drug-likeness (QED) is 0.672. The fourth-order valence-corrected chi connectivity index (χ4v) is 0.714. The van der Waals surface area contributed by atoms with Crippen LogP contribution in [0.3, 0.4) is 0 Å². The zero-order valence-corrected chi connectivity index (χ0v) is 10.5. The van der Waals surface area contributed by atoms with Crippen LogP contribution in [0, 0.1) is 0 Å². The first-order chi connectivity index (χ1) is 5.35. The molecule has 1 aromatic carbocycles. The molecular formula is C11H19I. The molecule has 1 heteroatoms. The van der Waals surface area contributed by atoms with Crippen LogP contribution < -0.4 is 0 Å². The highest BCUT2D eigenvalue weighted by molar-refractivity contribution is 14.0. The van der Waals surface area contributed by atoms with E-state index in [-0.39, 0.29) is 24.0 Å². The molecule has 0 saturated heterocycles. The van der Waals surface area contributed by atoms with Gasteiger partial charge >= 0.3 is 0 Å². The molecule has 0 bridgehead atoms. The van der Waals surface area contributed by atoms with E-state index >= 15 is 0 Å². The zero-order valence-electron chi connectivity index (χ0n) is 8.21. The standard InChI is InChI=1S/C8H10.C3H8.HI/c1-2-8-6-4-3-5-7-8;1-3-2;/h3-7H,2H2,1H3;3H2,1-2H3;1H. The number of benzene rings is 1. The molecule has 0 atom stereocenters. The lowest BCUT2D eigenvalue weighted by Gasteiger charge is -1.89. The van der Waals surface area contributed by atoms with Gasteiger partial charge in [-0.25, -0.2) is 0 Å². The Hall–Kier alpha value is -0.0500. The van der Waals surface area contributed by atoms with Gasteiger partial charge in [0.2, 0.25) is 0 Å². The highest BCUT2D eigenvalue weighted by Crippen LogP contribution is 1.96. The molecule has 0 aromatic heterocycles. The van der Waals surface area contributed by atoms with Gasteiger partial charge in [-0.3, -0.25) is 0 Å². The maximum absolute atomic E-state index is 2.16.